The number of Topliss-reactive ketones (excluding diaryl/α,β-unsaturated/α-hetero) is 1. The first kappa shape index (κ1) is 10.9. The van der Waals surface area contributed by atoms with E-state index in [4.69, 9.17) is 0 Å². The van der Waals surface area contributed by atoms with E-state index < -0.39 is 11.8 Å². The third-order valence-corrected chi connectivity index (χ3v) is 1.49. The van der Waals surface area contributed by atoms with E-state index in [1.165, 1.54) is 7.11 Å². The molecule has 0 N–H and O–H groups in total. The van der Waals surface area contributed by atoms with Crippen molar-refractivity contribution in [1.82, 2.24) is 0 Å². The van der Waals surface area contributed by atoms with E-state index in [0.717, 1.165) is 5.57 Å². The average Bonchev–Trinajstić information content (AvgIpc) is 2.00. The van der Waals surface area contributed by atoms with Gasteiger partial charge in [-0.25, -0.2) is 4.79 Å². The molecular weight excluding hydrogens is 156 g/mol. The highest BCUT2D eigenvalue weighted by Crippen LogP contribution is 2.10. The van der Waals surface area contributed by atoms with Gasteiger partial charge >= 0.3 is 5.97 Å². The van der Waals surface area contributed by atoms with Crippen LogP contribution < -0.4 is 0 Å². The molecule has 68 valence electrons. The van der Waals surface area contributed by atoms with E-state index in [2.05, 4.69) is 11.3 Å². The molecule has 0 radical (unpaired) electrons. The predicted molar refractivity (Wildman–Crippen MR) is 45.6 cm³/mol. The molecule has 0 heterocycles. The maximum Gasteiger partial charge on any atom is 0.374 e. The van der Waals surface area contributed by atoms with Crippen molar-refractivity contribution < 1.29 is 14.3 Å². The zero-order chi connectivity index (χ0) is 9.72. The Morgan fingerprint density at radius 1 is 1.50 bits per heavy atom. The van der Waals surface area contributed by atoms with Crippen molar-refractivity contribution in [2.75, 3.05) is 7.11 Å². The Balaban J connectivity index is 4.10. The van der Waals surface area contributed by atoms with Gasteiger partial charge in [0.2, 0.25) is 5.78 Å². The van der Waals surface area contributed by atoms with Gasteiger partial charge in [-0.05, 0) is 13.3 Å². The summed E-state index contributed by atoms with van der Waals surface area (Å²) in [5.41, 5.74) is 0.889. The number of hydrogen-bond donors (Lipinski definition) is 0. The fourth-order valence-corrected chi connectivity index (χ4v) is 0.917. The second-order valence-corrected chi connectivity index (χ2v) is 2.92. The molecule has 0 rings (SSSR count). The fraction of sp³-hybridized carbons (Fsp3) is 0.556. The van der Waals surface area contributed by atoms with Gasteiger partial charge < -0.3 is 4.74 Å². The zero-order valence-corrected chi connectivity index (χ0v) is 7.72. The molecular formula is C9H14O3. The van der Waals surface area contributed by atoms with E-state index in [-0.39, 0.29) is 5.92 Å². The highest BCUT2D eigenvalue weighted by atomic mass is 16.5. The number of hydrogen-bond acceptors (Lipinski definition) is 3. The molecule has 0 saturated carbocycles. The summed E-state index contributed by atoms with van der Waals surface area (Å²) in [6.45, 7) is 7.17. The lowest BCUT2D eigenvalue weighted by Crippen LogP contribution is -2.22. The third-order valence-electron chi connectivity index (χ3n) is 1.49. The molecule has 0 aliphatic rings. The number of esters is 1. The van der Waals surface area contributed by atoms with Gasteiger partial charge in [-0.1, -0.05) is 12.5 Å². The van der Waals surface area contributed by atoms with Gasteiger partial charge in [-0.15, -0.1) is 6.58 Å². The van der Waals surface area contributed by atoms with Gasteiger partial charge in [0.25, 0.3) is 0 Å². The van der Waals surface area contributed by atoms with Crippen LogP contribution in [0.2, 0.25) is 0 Å². The first-order valence-electron chi connectivity index (χ1n) is 3.75. The van der Waals surface area contributed by atoms with Crippen molar-refractivity contribution in [2.24, 2.45) is 5.92 Å². The molecule has 0 spiro atoms. The van der Waals surface area contributed by atoms with Crippen LogP contribution in [0.4, 0.5) is 0 Å². The summed E-state index contributed by atoms with van der Waals surface area (Å²) in [7, 11) is 1.20. The summed E-state index contributed by atoms with van der Waals surface area (Å²) in [5, 5.41) is 0. The van der Waals surface area contributed by atoms with Crippen LogP contribution in [0.3, 0.4) is 0 Å². The highest BCUT2D eigenvalue weighted by molar-refractivity contribution is 6.34. The Bertz CT molecular complexity index is 206. The van der Waals surface area contributed by atoms with Gasteiger partial charge in [0.15, 0.2) is 0 Å². The number of allylic oxidation sites excluding steroid dienone is 1. The number of carbonyl (C=O) groups excluding carboxylic acids is 2. The molecule has 1 atom stereocenters. The van der Waals surface area contributed by atoms with Crippen LogP contribution in [-0.2, 0) is 14.3 Å². The van der Waals surface area contributed by atoms with Crippen molar-refractivity contribution >= 4 is 11.8 Å². The maximum absolute atomic E-state index is 11.1. The van der Waals surface area contributed by atoms with E-state index >= 15 is 0 Å². The molecule has 0 aromatic rings. The van der Waals surface area contributed by atoms with Crippen molar-refractivity contribution in [2.45, 2.75) is 20.3 Å². The molecule has 0 amide bonds. The molecule has 3 nitrogen and oxygen atoms in total. The predicted octanol–water partition coefficient (Wildman–Crippen LogP) is 1.33. The Labute approximate surface area is 72.4 Å². The quantitative estimate of drug-likeness (QED) is 0.363. The fourth-order valence-electron chi connectivity index (χ4n) is 0.917. The lowest BCUT2D eigenvalue weighted by atomic mass is 9.99. The molecule has 12 heavy (non-hydrogen) atoms. The zero-order valence-electron chi connectivity index (χ0n) is 7.72. The van der Waals surface area contributed by atoms with Crippen LogP contribution >= 0.6 is 0 Å². The number of ether oxygens (including phenoxy) is 1. The minimum atomic E-state index is -0.774. The summed E-state index contributed by atoms with van der Waals surface area (Å²) in [6.07, 6.45) is 0.536. The molecule has 0 bridgehead atoms. The number of methoxy groups -OCH3 is 1. The molecule has 0 unspecified atom stereocenters. The lowest BCUT2D eigenvalue weighted by Gasteiger charge is -2.07. The lowest BCUT2D eigenvalue weighted by molar-refractivity contribution is -0.153. The smallest absolute Gasteiger partial charge is 0.374 e. The minimum absolute atomic E-state index is 0.324. The van der Waals surface area contributed by atoms with Crippen LogP contribution in [0, 0.1) is 5.92 Å². The Hall–Kier alpha value is -1.12. The van der Waals surface area contributed by atoms with Crippen molar-refractivity contribution in [3.63, 3.8) is 0 Å². The summed E-state index contributed by atoms with van der Waals surface area (Å²) in [5.74, 6) is -1.58. The van der Waals surface area contributed by atoms with E-state index in [1.54, 1.807) is 6.92 Å². The maximum atomic E-state index is 11.1. The van der Waals surface area contributed by atoms with Crippen LogP contribution in [0.5, 0.6) is 0 Å². The molecule has 0 aliphatic heterocycles. The standard InChI is InChI=1S/C9H14O3/c1-6(2)5-7(3)8(10)9(11)12-4/h7H,1,5H2,2-4H3/t7-/m0/s1. The van der Waals surface area contributed by atoms with Gasteiger partial charge in [0.1, 0.15) is 0 Å². The van der Waals surface area contributed by atoms with Gasteiger partial charge in [-0.3, -0.25) is 4.79 Å². The van der Waals surface area contributed by atoms with Gasteiger partial charge in [0.05, 0.1) is 7.11 Å². The van der Waals surface area contributed by atoms with Crippen molar-refractivity contribution in [1.29, 1.82) is 0 Å². The molecule has 0 aromatic heterocycles. The summed E-state index contributed by atoms with van der Waals surface area (Å²) in [6, 6.07) is 0. The Morgan fingerprint density at radius 3 is 2.33 bits per heavy atom. The van der Waals surface area contributed by atoms with Crippen LogP contribution in [0.25, 0.3) is 0 Å². The molecule has 0 fully saturated rings. The Kier molecular flexibility index (Phi) is 4.26. The van der Waals surface area contributed by atoms with E-state index in [1.807, 2.05) is 6.92 Å². The SMILES string of the molecule is C=C(C)C[C@H](C)C(=O)C(=O)OC. The van der Waals surface area contributed by atoms with E-state index in [0.29, 0.717) is 6.42 Å². The average molecular weight is 170 g/mol. The largest absolute Gasteiger partial charge is 0.463 e. The summed E-state index contributed by atoms with van der Waals surface area (Å²) in [4.78, 5) is 21.8. The van der Waals surface area contributed by atoms with Crippen LogP contribution in [0.15, 0.2) is 12.2 Å². The summed E-state index contributed by atoms with van der Waals surface area (Å²) >= 11 is 0. The molecule has 0 aromatic carbocycles. The molecule has 3 heteroatoms. The van der Waals surface area contributed by atoms with E-state index in [9.17, 15) is 9.59 Å². The normalized spacial score (nSPS) is 11.9. The van der Waals surface area contributed by atoms with Gasteiger partial charge in [-0.2, -0.15) is 0 Å². The van der Waals surface area contributed by atoms with Crippen molar-refractivity contribution in [3.05, 3.63) is 12.2 Å². The minimum Gasteiger partial charge on any atom is -0.463 e. The van der Waals surface area contributed by atoms with Crippen LogP contribution in [-0.4, -0.2) is 18.9 Å². The third kappa shape index (κ3) is 3.32. The second-order valence-electron chi connectivity index (χ2n) is 2.92. The number of rotatable bonds is 4. The summed E-state index contributed by atoms with van der Waals surface area (Å²) < 4.78 is 4.30. The Morgan fingerprint density at radius 2 is 2.00 bits per heavy atom. The highest BCUT2D eigenvalue weighted by Gasteiger charge is 2.21. The molecule has 0 aliphatic carbocycles. The monoisotopic (exact) mass is 170 g/mol. The number of carbonyl (C=O) groups is 2. The van der Waals surface area contributed by atoms with Crippen molar-refractivity contribution in [3.8, 4) is 0 Å². The number of ketones is 1. The topological polar surface area (TPSA) is 43.4 Å². The second kappa shape index (κ2) is 4.70. The van der Waals surface area contributed by atoms with Crippen LogP contribution in [0.1, 0.15) is 20.3 Å². The first-order chi connectivity index (χ1) is 5.49. The first-order valence-corrected chi connectivity index (χ1v) is 3.75. The molecule has 0 saturated heterocycles. The van der Waals surface area contributed by atoms with Gasteiger partial charge in [0, 0.05) is 5.92 Å².